The van der Waals surface area contributed by atoms with Gasteiger partial charge in [-0.15, -0.1) is 21.5 Å². The number of piperazine rings is 1. The highest BCUT2D eigenvalue weighted by molar-refractivity contribution is 7.22. The van der Waals surface area contributed by atoms with Gasteiger partial charge in [0.25, 0.3) is 5.91 Å². The maximum absolute atomic E-state index is 13.0. The molecule has 1 fully saturated rings. The predicted octanol–water partition coefficient (Wildman–Crippen LogP) is 4.43. The van der Waals surface area contributed by atoms with Crippen LogP contribution in [0.15, 0.2) is 41.8 Å². The van der Waals surface area contributed by atoms with Crippen molar-refractivity contribution in [2.24, 2.45) is 0 Å². The number of amides is 1. The third-order valence-corrected chi connectivity index (χ3v) is 6.96. The topological polar surface area (TPSA) is 58.6 Å². The summed E-state index contributed by atoms with van der Waals surface area (Å²) in [6.45, 7) is 6.30. The van der Waals surface area contributed by atoms with E-state index in [1.807, 2.05) is 22.4 Å². The van der Waals surface area contributed by atoms with E-state index in [0.29, 0.717) is 23.9 Å². The molecule has 0 radical (unpaired) electrons. The lowest BCUT2D eigenvalue weighted by Gasteiger charge is -2.38. The van der Waals surface area contributed by atoms with E-state index in [4.69, 9.17) is 16.3 Å². The van der Waals surface area contributed by atoms with Crippen LogP contribution in [0.3, 0.4) is 0 Å². The van der Waals surface area contributed by atoms with Crippen LogP contribution in [0.4, 0.5) is 5.13 Å². The molecule has 1 aliphatic rings. The smallest absolute Gasteiger partial charge is 0.266 e. The van der Waals surface area contributed by atoms with Crippen LogP contribution < -0.4 is 9.64 Å². The van der Waals surface area contributed by atoms with Crippen LogP contribution in [0, 0.1) is 0 Å². The Labute approximate surface area is 182 Å². The molecular formula is C20H21ClN4O2S2. The Morgan fingerprint density at radius 2 is 1.83 bits per heavy atom. The molecule has 9 heteroatoms. The highest BCUT2D eigenvalue weighted by Gasteiger charge is 2.36. The van der Waals surface area contributed by atoms with Gasteiger partial charge in [0.15, 0.2) is 10.6 Å². The van der Waals surface area contributed by atoms with E-state index < -0.39 is 5.60 Å². The average molecular weight is 449 g/mol. The molecule has 1 saturated heterocycles. The monoisotopic (exact) mass is 448 g/mol. The first-order valence-electron chi connectivity index (χ1n) is 9.29. The quantitative estimate of drug-likeness (QED) is 0.578. The molecule has 0 N–H and O–H groups in total. The highest BCUT2D eigenvalue weighted by Crippen LogP contribution is 2.32. The SMILES string of the molecule is CC(C)(Oc1ccc(Cl)cc1)C(=O)N1CCN(c2nnc(-c3cccs3)s2)CC1. The zero-order valence-corrected chi connectivity index (χ0v) is 18.6. The van der Waals surface area contributed by atoms with Crippen LogP contribution >= 0.6 is 34.3 Å². The summed E-state index contributed by atoms with van der Waals surface area (Å²) in [5.41, 5.74) is -0.953. The lowest BCUT2D eigenvalue weighted by Crippen LogP contribution is -2.55. The lowest BCUT2D eigenvalue weighted by molar-refractivity contribution is -0.145. The highest BCUT2D eigenvalue weighted by atomic mass is 35.5. The molecule has 152 valence electrons. The Hall–Kier alpha value is -2.16. The zero-order valence-electron chi connectivity index (χ0n) is 16.2. The Bertz CT molecular complexity index is 965. The number of carbonyl (C=O) groups excluding carboxylic acids is 1. The van der Waals surface area contributed by atoms with E-state index in [9.17, 15) is 4.79 Å². The van der Waals surface area contributed by atoms with Crippen LogP contribution in [-0.4, -0.2) is 52.8 Å². The number of ether oxygens (including phenoxy) is 1. The summed E-state index contributed by atoms with van der Waals surface area (Å²) in [4.78, 5) is 18.2. The van der Waals surface area contributed by atoms with Crippen molar-refractivity contribution in [3.05, 3.63) is 46.8 Å². The molecule has 0 atom stereocenters. The Morgan fingerprint density at radius 1 is 1.10 bits per heavy atom. The Kier molecular flexibility index (Phi) is 5.76. The second kappa shape index (κ2) is 8.30. The lowest BCUT2D eigenvalue weighted by atomic mass is 10.1. The van der Waals surface area contributed by atoms with Gasteiger partial charge in [0, 0.05) is 31.2 Å². The van der Waals surface area contributed by atoms with Gasteiger partial charge >= 0.3 is 0 Å². The van der Waals surface area contributed by atoms with Gasteiger partial charge in [-0.3, -0.25) is 4.79 Å². The van der Waals surface area contributed by atoms with Crippen molar-refractivity contribution < 1.29 is 9.53 Å². The standard InChI is InChI=1S/C20H21ClN4O2S2/c1-20(2,27-15-7-5-14(21)6-8-15)18(26)24-9-11-25(12-10-24)19-23-22-17(29-19)16-4-3-13-28-16/h3-8,13H,9-12H2,1-2H3. The molecule has 0 spiro atoms. The molecule has 3 aromatic rings. The third-order valence-electron chi connectivity index (χ3n) is 4.69. The van der Waals surface area contributed by atoms with Crippen LogP contribution in [0.5, 0.6) is 5.75 Å². The van der Waals surface area contributed by atoms with Crippen molar-refractivity contribution >= 4 is 45.3 Å². The number of aromatic nitrogens is 2. The number of carbonyl (C=O) groups is 1. The number of hydrogen-bond acceptors (Lipinski definition) is 7. The van der Waals surface area contributed by atoms with E-state index in [1.165, 1.54) is 0 Å². The minimum absolute atomic E-state index is 0.0244. The first-order chi connectivity index (χ1) is 13.9. The number of nitrogens with zero attached hydrogens (tertiary/aromatic N) is 4. The van der Waals surface area contributed by atoms with Gasteiger partial charge in [0.2, 0.25) is 5.13 Å². The third kappa shape index (κ3) is 4.55. The van der Waals surface area contributed by atoms with E-state index in [-0.39, 0.29) is 5.91 Å². The number of halogens is 1. The molecule has 6 nitrogen and oxygen atoms in total. The molecule has 3 heterocycles. The van der Waals surface area contributed by atoms with Gasteiger partial charge in [-0.2, -0.15) is 0 Å². The zero-order chi connectivity index (χ0) is 20.4. The van der Waals surface area contributed by atoms with E-state index >= 15 is 0 Å². The summed E-state index contributed by atoms with van der Waals surface area (Å²) in [5.74, 6) is 0.602. The van der Waals surface area contributed by atoms with Crippen molar-refractivity contribution in [3.8, 4) is 15.6 Å². The molecule has 29 heavy (non-hydrogen) atoms. The van der Waals surface area contributed by atoms with Gasteiger partial charge in [0.1, 0.15) is 5.75 Å². The van der Waals surface area contributed by atoms with Gasteiger partial charge in [-0.05, 0) is 49.6 Å². The largest absolute Gasteiger partial charge is 0.478 e. The molecule has 1 aliphatic heterocycles. The Balaban J connectivity index is 1.36. The Morgan fingerprint density at radius 3 is 2.48 bits per heavy atom. The van der Waals surface area contributed by atoms with Gasteiger partial charge in [-0.25, -0.2) is 0 Å². The fraction of sp³-hybridized carbons (Fsp3) is 0.350. The first-order valence-corrected chi connectivity index (χ1v) is 11.4. The number of anilines is 1. The molecule has 1 amide bonds. The maximum Gasteiger partial charge on any atom is 0.266 e. The number of benzene rings is 1. The number of thiophene rings is 1. The molecule has 4 rings (SSSR count). The normalized spacial score (nSPS) is 14.9. The van der Waals surface area contributed by atoms with Gasteiger partial charge in [0.05, 0.1) is 4.88 Å². The molecule has 2 aromatic heterocycles. The fourth-order valence-corrected chi connectivity index (χ4v) is 4.98. The van der Waals surface area contributed by atoms with Gasteiger partial charge < -0.3 is 14.5 Å². The number of hydrogen-bond donors (Lipinski definition) is 0. The summed E-state index contributed by atoms with van der Waals surface area (Å²) in [5, 5.41) is 13.2. The number of rotatable bonds is 5. The maximum atomic E-state index is 13.0. The van der Waals surface area contributed by atoms with Crippen LogP contribution in [-0.2, 0) is 4.79 Å². The summed E-state index contributed by atoms with van der Waals surface area (Å²) in [6, 6.07) is 11.1. The van der Waals surface area contributed by atoms with Crippen molar-refractivity contribution in [1.29, 1.82) is 0 Å². The van der Waals surface area contributed by atoms with Gasteiger partial charge in [-0.1, -0.05) is 29.0 Å². The van der Waals surface area contributed by atoms with Crippen molar-refractivity contribution in [3.63, 3.8) is 0 Å². The second-order valence-electron chi connectivity index (χ2n) is 7.21. The van der Waals surface area contributed by atoms with E-state index in [1.54, 1.807) is 60.8 Å². The molecule has 0 unspecified atom stereocenters. The van der Waals surface area contributed by atoms with Crippen molar-refractivity contribution in [2.45, 2.75) is 19.4 Å². The minimum atomic E-state index is -0.953. The first kappa shape index (κ1) is 20.1. The molecule has 0 bridgehead atoms. The van der Waals surface area contributed by atoms with Crippen LogP contribution in [0.1, 0.15) is 13.8 Å². The summed E-state index contributed by atoms with van der Waals surface area (Å²) in [6.07, 6.45) is 0. The summed E-state index contributed by atoms with van der Waals surface area (Å²) >= 11 is 9.17. The minimum Gasteiger partial charge on any atom is -0.478 e. The van der Waals surface area contributed by atoms with Crippen LogP contribution in [0.25, 0.3) is 9.88 Å². The average Bonchev–Trinajstić information content (AvgIpc) is 3.41. The van der Waals surface area contributed by atoms with Crippen molar-refractivity contribution in [1.82, 2.24) is 15.1 Å². The second-order valence-corrected chi connectivity index (χ2v) is 9.55. The predicted molar refractivity (Wildman–Crippen MR) is 118 cm³/mol. The molecule has 1 aromatic carbocycles. The van der Waals surface area contributed by atoms with Crippen LogP contribution in [0.2, 0.25) is 5.02 Å². The summed E-state index contributed by atoms with van der Waals surface area (Å²) < 4.78 is 5.95. The molecular weight excluding hydrogens is 428 g/mol. The van der Waals surface area contributed by atoms with Crippen molar-refractivity contribution in [2.75, 3.05) is 31.1 Å². The molecule has 0 saturated carbocycles. The summed E-state index contributed by atoms with van der Waals surface area (Å²) in [7, 11) is 0. The van der Waals surface area contributed by atoms with E-state index in [2.05, 4.69) is 15.1 Å². The van der Waals surface area contributed by atoms with E-state index in [0.717, 1.165) is 28.1 Å². The fourth-order valence-electron chi connectivity index (χ4n) is 3.17. The molecule has 0 aliphatic carbocycles.